The number of nitriles is 1. The van der Waals surface area contributed by atoms with Gasteiger partial charge in [0.1, 0.15) is 35.6 Å². The third kappa shape index (κ3) is 5.02. The van der Waals surface area contributed by atoms with E-state index in [1.165, 1.54) is 42.1 Å². The van der Waals surface area contributed by atoms with Crippen molar-refractivity contribution in [1.82, 2.24) is 4.57 Å². The molecule has 1 aromatic heterocycles. The highest BCUT2D eigenvalue weighted by Gasteiger charge is 2.19. The van der Waals surface area contributed by atoms with Crippen LogP contribution in [0.4, 0.5) is 8.78 Å². The predicted molar refractivity (Wildman–Crippen MR) is 108 cm³/mol. The Hall–Kier alpha value is -3.83. The highest BCUT2D eigenvalue weighted by molar-refractivity contribution is 6.10. The molecule has 0 aliphatic rings. The van der Waals surface area contributed by atoms with Crippen molar-refractivity contribution >= 4 is 5.78 Å². The maximum atomic E-state index is 13.9. The fourth-order valence-electron chi connectivity index (χ4n) is 2.93. The Morgan fingerprint density at radius 2 is 1.94 bits per heavy atom. The molecule has 0 spiro atoms. The van der Waals surface area contributed by atoms with Crippen molar-refractivity contribution < 1.29 is 23.0 Å². The van der Waals surface area contributed by atoms with E-state index in [4.69, 9.17) is 9.47 Å². The quantitative estimate of drug-likeness (QED) is 0.518. The average Bonchev–Trinajstić information content (AvgIpc) is 2.78. The van der Waals surface area contributed by atoms with Gasteiger partial charge in [-0.15, -0.1) is 0 Å². The smallest absolute Gasteiger partial charge is 0.268 e. The number of hydrogen-bond donors (Lipinski definition) is 0. The largest absolute Gasteiger partial charge is 0.488 e. The summed E-state index contributed by atoms with van der Waals surface area (Å²) >= 11 is 0. The first kappa shape index (κ1) is 21.9. The molecular weight excluding hydrogens is 406 g/mol. The lowest BCUT2D eigenvalue weighted by molar-refractivity contribution is 0.103. The molecule has 0 amide bonds. The van der Waals surface area contributed by atoms with Crippen LogP contribution in [-0.2, 0) is 17.9 Å². The van der Waals surface area contributed by atoms with Gasteiger partial charge in [-0.2, -0.15) is 5.26 Å². The van der Waals surface area contributed by atoms with Crippen molar-refractivity contribution in [3.05, 3.63) is 99.0 Å². The summed E-state index contributed by atoms with van der Waals surface area (Å²) in [6, 6.07) is 12.3. The van der Waals surface area contributed by atoms with Crippen LogP contribution in [0.3, 0.4) is 0 Å². The Bertz CT molecular complexity index is 1210. The van der Waals surface area contributed by atoms with Crippen LogP contribution in [0.2, 0.25) is 0 Å². The Labute approximate surface area is 176 Å². The topological polar surface area (TPSA) is 81.3 Å². The van der Waals surface area contributed by atoms with Crippen molar-refractivity contribution in [2.45, 2.75) is 13.2 Å². The van der Waals surface area contributed by atoms with Gasteiger partial charge in [-0.25, -0.2) is 8.78 Å². The lowest BCUT2D eigenvalue weighted by atomic mass is 10.0. The number of nitrogens with zero attached hydrogens (tertiary/aromatic N) is 2. The molecular formula is C23H18F2N2O4. The van der Waals surface area contributed by atoms with Gasteiger partial charge in [-0.05, 0) is 30.3 Å². The van der Waals surface area contributed by atoms with Gasteiger partial charge < -0.3 is 14.0 Å². The zero-order valence-corrected chi connectivity index (χ0v) is 16.6. The molecule has 0 atom stereocenters. The van der Waals surface area contributed by atoms with E-state index in [9.17, 15) is 23.6 Å². The summed E-state index contributed by atoms with van der Waals surface area (Å²) in [6.07, 6.45) is 1.29. The second-order valence-corrected chi connectivity index (χ2v) is 6.60. The van der Waals surface area contributed by atoms with E-state index in [1.807, 2.05) is 0 Å². The van der Waals surface area contributed by atoms with Crippen molar-refractivity contribution in [1.29, 1.82) is 5.26 Å². The molecule has 2 aromatic carbocycles. The second-order valence-electron chi connectivity index (χ2n) is 6.60. The zero-order valence-electron chi connectivity index (χ0n) is 16.6. The van der Waals surface area contributed by atoms with Gasteiger partial charge in [-0.1, -0.05) is 18.2 Å². The molecule has 0 saturated heterocycles. The molecule has 0 fully saturated rings. The molecule has 6 nitrogen and oxygen atoms in total. The molecule has 0 bridgehead atoms. The lowest BCUT2D eigenvalue weighted by Gasteiger charge is -2.13. The molecule has 0 aliphatic carbocycles. The van der Waals surface area contributed by atoms with Crippen LogP contribution in [-0.4, -0.2) is 24.1 Å². The zero-order chi connectivity index (χ0) is 22.4. The highest BCUT2D eigenvalue weighted by atomic mass is 19.1. The van der Waals surface area contributed by atoms with E-state index in [2.05, 4.69) is 0 Å². The van der Waals surface area contributed by atoms with Crippen LogP contribution in [0, 0.1) is 23.0 Å². The van der Waals surface area contributed by atoms with Crippen LogP contribution in [0.5, 0.6) is 5.75 Å². The van der Waals surface area contributed by atoms with Gasteiger partial charge in [0, 0.05) is 31.0 Å². The first-order chi connectivity index (χ1) is 14.9. The minimum absolute atomic E-state index is 0.00796. The van der Waals surface area contributed by atoms with Gasteiger partial charge in [0.05, 0.1) is 12.2 Å². The van der Waals surface area contributed by atoms with Crippen molar-refractivity contribution in [3.8, 4) is 11.8 Å². The number of carbonyl (C=O) groups is 1. The normalized spacial score (nSPS) is 10.5. The number of halogens is 2. The molecule has 0 radical (unpaired) electrons. The molecule has 3 rings (SSSR count). The van der Waals surface area contributed by atoms with Gasteiger partial charge >= 0.3 is 0 Å². The summed E-state index contributed by atoms with van der Waals surface area (Å²) in [5.74, 6) is -1.75. The summed E-state index contributed by atoms with van der Waals surface area (Å²) in [7, 11) is 1.46. The summed E-state index contributed by atoms with van der Waals surface area (Å²) in [6.45, 7) is 0.152. The molecule has 158 valence electrons. The fraction of sp³-hybridized carbons (Fsp3) is 0.174. The number of rotatable bonds is 8. The number of ketones is 1. The van der Waals surface area contributed by atoms with Crippen molar-refractivity contribution in [2.24, 2.45) is 0 Å². The van der Waals surface area contributed by atoms with E-state index in [1.54, 1.807) is 12.1 Å². The minimum Gasteiger partial charge on any atom is -0.488 e. The van der Waals surface area contributed by atoms with Crippen LogP contribution in [0.1, 0.15) is 27.0 Å². The first-order valence-electron chi connectivity index (χ1n) is 9.28. The van der Waals surface area contributed by atoms with Crippen LogP contribution in [0.15, 0.2) is 59.5 Å². The predicted octanol–water partition coefficient (Wildman–Crippen LogP) is 3.45. The third-order valence-corrected chi connectivity index (χ3v) is 4.53. The van der Waals surface area contributed by atoms with E-state index in [-0.39, 0.29) is 47.8 Å². The Morgan fingerprint density at radius 1 is 1.16 bits per heavy atom. The number of aromatic nitrogens is 1. The average molecular weight is 424 g/mol. The number of methoxy groups -OCH3 is 1. The van der Waals surface area contributed by atoms with Crippen LogP contribution in [0.25, 0.3) is 0 Å². The van der Waals surface area contributed by atoms with Gasteiger partial charge in [0.15, 0.2) is 5.78 Å². The van der Waals surface area contributed by atoms with E-state index in [0.717, 1.165) is 18.2 Å². The van der Waals surface area contributed by atoms with Crippen LogP contribution < -0.4 is 10.3 Å². The molecule has 31 heavy (non-hydrogen) atoms. The Kier molecular flexibility index (Phi) is 6.90. The van der Waals surface area contributed by atoms with E-state index < -0.39 is 23.0 Å². The van der Waals surface area contributed by atoms with E-state index >= 15 is 0 Å². The number of pyridine rings is 1. The van der Waals surface area contributed by atoms with Crippen LogP contribution >= 0.6 is 0 Å². The molecule has 0 N–H and O–H groups in total. The monoisotopic (exact) mass is 424 g/mol. The molecule has 0 aliphatic heterocycles. The van der Waals surface area contributed by atoms with Crippen molar-refractivity contribution in [3.63, 3.8) is 0 Å². The lowest BCUT2D eigenvalue weighted by Crippen LogP contribution is -2.25. The molecule has 0 saturated carbocycles. The molecule has 8 heteroatoms. The summed E-state index contributed by atoms with van der Waals surface area (Å²) in [4.78, 5) is 25.4. The van der Waals surface area contributed by atoms with Gasteiger partial charge in [-0.3, -0.25) is 9.59 Å². The standard InChI is InChI=1S/C23H18F2N2O4/c1-30-9-8-27-13-17(10-16(12-26)23(27)29)22(28)19-11-18(24)6-7-21(19)31-14-15-4-2-3-5-20(15)25/h2-7,10-11,13H,8-9,14H2,1H3. The summed E-state index contributed by atoms with van der Waals surface area (Å²) < 4.78 is 39.5. The van der Waals surface area contributed by atoms with Gasteiger partial charge in [0.2, 0.25) is 0 Å². The first-order valence-corrected chi connectivity index (χ1v) is 9.28. The number of carbonyl (C=O) groups excluding carboxylic acids is 1. The fourth-order valence-corrected chi connectivity index (χ4v) is 2.93. The Balaban J connectivity index is 1.98. The maximum Gasteiger partial charge on any atom is 0.268 e. The minimum atomic E-state index is -0.671. The number of benzene rings is 2. The number of ether oxygens (including phenoxy) is 2. The van der Waals surface area contributed by atoms with Gasteiger partial charge in [0.25, 0.3) is 5.56 Å². The second kappa shape index (κ2) is 9.78. The third-order valence-electron chi connectivity index (χ3n) is 4.53. The maximum absolute atomic E-state index is 13.9. The highest BCUT2D eigenvalue weighted by Crippen LogP contribution is 2.24. The summed E-state index contributed by atoms with van der Waals surface area (Å²) in [5, 5.41) is 9.25. The molecule has 1 heterocycles. The molecule has 3 aromatic rings. The number of hydrogen-bond acceptors (Lipinski definition) is 5. The SMILES string of the molecule is COCCn1cc(C(=O)c2cc(F)ccc2OCc2ccccc2F)cc(C#N)c1=O. The van der Waals surface area contributed by atoms with E-state index in [0.29, 0.717) is 0 Å². The van der Waals surface area contributed by atoms with Crippen molar-refractivity contribution in [2.75, 3.05) is 13.7 Å². The Morgan fingerprint density at radius 3 is 2.65 bits per heavy atom. The summed E-state index contributed by atoms with van der Waals surface area (Å²) in [5.41, 5.74) is -0.630. The molecule has 0 unspecified atom stereocenters.